The number of ether oxygens (including phenoxy) is 1. The van der Waals surface area contributed by atoms with Gasteiger partial charge in [0.25, 0.3) is 5.91 Å². The largest absolute Gasteiger partial charge is 0.486 e. The van der Waals surface area contributed by atoms with Crippen molar-refractivity contribution in [2.45, 2.75) is 84.8 Å². The maximum Gasteiger partial charge on any atom is 0.287 e. The Kier molecular flexibility index (Phi) is 10.3. The fraction of sp³-hybridized carbons (Fsp3) is 0.630. The number of ketones is 1. The number of hydrogen-bond acceptors (Lipinski definition) is 7. The molecule has 0 aromatic heterocycles. The van der Waals surface area contributed by atoms with Crippen LogP contribution >= 0.6 is 11.8 Å². The molecule has 0 fully saturated rings. The summed E-state index contributed by atoms with van der Waals surface area (Å²) in [6.45, 7) is 13.6. The van der Waals surface area contributed by atoms with E-state index >= 15 is 0 Å². The van der Waals surface area contributed by atoms with Crippen molar-refractivity contribution in [2.75, 3.05) is 20.2 Å². The zero-order chi connectivity index (χ0) is 28.2. The van der Waals surface area contributed by atoms with Crippen molar-refractivity contribution in [1.82, 2.24) is 4.31 Å². The van der Waals surface area contributed by atoms with Gasteiger partial charge in [0.05, 0.1) is 0 Å². The van der Waals surface area contributed by atoms with Gasteiger partial charge in [-0.25, -0.2) is 8.42 Å². The standard InChI is InChI=1S/C27H40N2O6S2/c1-9-27(10-2,20-11-12-21(18(3)15-20)35-17-22(30)26(5,6)7)23-16-19(4)25(36-23)37(33,34)29(8)14-13-24(31)28-32/h11-12,15,23H,9-10,13-14,16-17H2,1-8H3. The third-order valence-electron chi connectivity index (χ3n) is 7.30. The SMILES string of the molecule is CCC(CC)(c1ccc(OCC(=O)C(C)(C)C)c(C)c1)C1CC(C)=C(S(=O)(=O)N(C)CCC(=O)N=O)S1. The van der Waals surface area contributed by atoms with Crippen LogP contribution in [0.15, 0.2) is 33.2 Å². The molecule has 0 spiro atoms. The molecule has 0 bridgehead atoms. The predicted molar refractivity (Wildman–Crippen MR) is 149 cm³/mol. The summed E-state index contributed by atoms with van der Waals surface area (Å²) in [5.74, 6) is -0.173. The smallest absolute Gasteiger partial charge is 0.287 e. The highest BCUT2D eigenvalue weighted by molar-refractivity contribution is 8.18. The van der Waals surface area contributed by atoms with Crippen molar-refractivity contribution in [3.05, 3.63) is 44.0 Å². The van der Waals surface area contributed by atoms with E-state index in [0.29, 0.717) is 16.4 Å². The van der Waals surface area contributed by atoms with Crippen LogP contribution in [0.4, 0.5) is 0 Å². The summed E-state index contributed by atoms with van der Waals surface area (Å²) < 4.78 is 33.9. The number of nitrogens with zero attached hydrogens (tertiary/aromatic N) is 2. The Hall–Kier alpha value is -2.04. The highest BCUT2D eigenvalue weighted by Gasteiger charge is 2.45. The summed E-state index contributed by atoms with van der Waals surface area (Å²) in [4.78, 5) is 34.0. The van der Waals surface area contributed by atoms with Crippen LogP contribution in [-0.2, 0) is 25.0 Å². The molecule has 0 saturated carbocycles. The molecule has 0 aliphatic carbocycles. The van der Waals surface area contributed by atoms with E-state index in [4.69, 9.17) is 4.74 Å². The molecule has 1 heterocycles. The van der Waals surface area contributed by atoms with E-state index in [9.17, 15) is 22.9 Å². The number of Topliss-reactive ketones (excluding diaryl/α,β-unsaturated/α-hetero) is 1. The molecule has 1 atom stereocenters. The lowest BCUT2D eigenvalue weighted by atomic mass is 9.71. The lowest BCUT2D eigenvalue weighted by Crippen LogP contribution is -2.36. The summed E-state index contributed by atoms with van der Waals surface area (Å²) in [5.41, 5.74) is 2.10. The lowest BCUT2D eigenvalue weighted by Gasteiger charge is -2.38. The Bertz CT molecular complexity index is 1160. The van der Waals surface area contributed by atoms with Crippen molar-refractivity contribution < 1.29 is 22.7 Å². The van der Waals surface area contributed by atoms with Gasteiger partial charge in [-0.2, -0.15) is 4.31 Å². The Morgan fingerprint density at radius 2 is 1.78 bits per heavy atom. The molecule has 8 nitrogen and oxygen atoms in total. The number of amides is 1. The van der Waals surface area contributed by atoms with Crippen LogP contribution in [0, 0.1) is 17.2 Å². The van der Waals surface area contributed by atoms with Crippen molar-refractivity contribution in [3.63, 3.8) is 0 Å². The second-order valence-electron chi connectivity index (χ2n) is 10.7. The van der Waals surface area contributed by atoms with Crippen LogP contribution in [0.3, 0.4) is 0 Å². The van der Waals surface area contributed by atoms with Crippen molar-refractivity contribution >= 4 is 33.5 Å². The average Bonchev–Trinajstić information content (AvgIpc) is 3.24. The van der Waals surface area contributed by atoms with Gasteiger partial charge in [-0.15, -0.1) is 16.7 Å². The first kappa shape index (κ1) is 31.2. The summed E-state index contributed by atoms with van der Waals surface area (Å²) >= 11 is 1.38. The fourth-order valence-electron chi connectivity index (χ4n) is 4.56. The molecule has 0 saturated heterocycles. The highest BCUT2D eigenvalue weighted by Crippen LogP contribution is 2.52. The third-order valence-corrected chi connectivity index (χ3v) is 11.5. The monoisotopic (exact) mass is 552 g/mol. The first-order valence-corrected chi connectivity index (χ1v) is 14.9. The van der Waals surface area contributed by atoms with Crippen LogP contribution in [0.2, 0.25) is 0 Å². The Morgan fingerprint density at radius 1 is 1.16 bits per heavy atom. The predicted octanol–water partition coefficient (Wildman–Crippen LogP) is 5.73. The number of sulfonamides is 1. The molecule has 2 rings (SSSR count). The second-order valence-corrected chi connectivity index (χ2v) is 14.2. The molecule has 1 amide bonds. The van der Waals surface area contributed by atoms with E-state index in [0.717, 1.165) is 33.8 Å². The minimum Gasteiger partial charge on any atom is -0.486 e. The van der Waals surface area contributed by atoms with Crippen molar-refractivity contribution in [2.24, 2.45) is 10.6 Å². The molecule has 206 valence electrons. The van der Waals surface area contributed by atoms with Gasteiger partial charge < -0.3 is 4.74 Å². The molecule has 1 aliphatic rings. The zero-order valence-electron chi connectivity index (χ0n) is 23.2. The maximum atomic E-state index is 13.3. The second kappa shape index (κ2) is 12.2. The quantitative estimate of drug-likeness (QED) is 0.305. The number of nitroso groups, excluding NO2 is 1. The van der Waals surface area contributed by atoms with E-state index < -0.39 is 21.3 Å². The number of carbonyl (C=O) groups is 2. The summed E-state index contributed by atoms with van der Waals surface area (Å²) in [6, 6.07) is 6.03. The Balaban J connectivity index is 2.29. The fourth-order valence-corrected chi connectivity index (χ4v) is 8.49. The summed E-state index contributed by atoms with van der Waals surface area (Å²) in [6.07, 6.45) is 2.02. The number of allylic oxidation sites excluding steroid dienone is 1. The molecular weight excluding hydrogens is 512 g/mol. The van der Waals surface area contributed by atoms with E-state index in [1.54, 1.807) is 0 Å². The van der Waals surface area contributed by atoms with Crippen LogP contribution in [0.5, 0.6) is 5.75 Å². The molecule has 0 N–H and O–H groups in total. The van der Waals surface area contributed by atoms with Crippen LogP contribution in [-0.4, -0.2) is 49.9 Å². The molecule has 37 heavy (non-hydrogen) atoms. The number of benzene rings is 1. The summed E-state index contributed by atoms with van der Waals surface area (Å²) in [7, 11) is -2.38. The Labute approximate surface area is 225 Å². The molecular formula is C27H40N2O6S2. The topological polar surface area (TPSA) is 110 Å². The molecule has 0 radical (unpaired) electrons. The van der Waals surface area contributed by atoms with Gasteiger partial charge in [-0.1, -0.05) is 46.8 Å². The number of aryl methyl sites for hydroxylation is 1. The van der Waals surface area contributed by atoms with Gasteiger partial charge in [-0.3, -0.25) is 9.59 Å². The Morgan fingerprint density at radius 3 is 2.30 bits per heavy atom. The van der Waals surface area contributed by atoms with E-state index in [1.807, 2.05) is 46.8 Å². The maximum absolute atomic E-state index is 13.3. The van der Waals surface area contributed by atoms with Crippen molar-refractivity contribution in [3.8, 4) is 5.75 Å². The average molecular weight is 553 g/mol. The van der Waals surface area contributed by atoms with Gasteiger partial charge in [0, 0.05) is 41.3 Å². The van der Waals surface area contributed by atoms with E-state index in [1.165, 1.54) is 18.8 Å². The number of carbonyl (C=O) groups excluding carboxylic acids is 2. The first-order valence-electron chi connectivity index (χ1n) is 12.6. The van der Waals surface area contributed by atoms with Gasteiger partial charge >= 0.3 is 0 Å². The summed E-state index contributed by atoms with van der Waals surface area (Å²) in [5, 5.41) is 2.35. The number of hydrogen-bond donors (Lipinski definition) is 0. The molecule has 1 aromatic carbocycles. The number of rotatable bonds is 12. The van der Waals surface area contributed by atoms with Gasteiger partial charge in [0.1, 0.15) is 16.6 Å². The van der Waals surface area contributed by atoms with E-state index in [2.05, 4.69) is 25.1 Å². The zero-order valence-corrected chi connectivity index (χ0v) is 24.8. The molecule has 1 aromatic rings. The van der Waals surface area contributed by atoms with Gasteiger partial charge in [-0.05, 0) is 55.9 Å². The lowest BCUT2D eigenvalue weighted by molar-refractivity contribution is -0.128. The number of thioether (sulfide) groups is 1. The minimum atomic E-state index is -3.80. The molecule has 1 aliphatic heterocycles. The van der Waals surface area contributed by atoms with Crippen molar-refractivity contribution in [1.29, 1.82) is 0 Å². The van der Waals surface area contributed by atoms with Crippen LogP contribution in [0.25, 0.3) is 0 Å². The molecule has 1 unspecified atom stereocenters. The van der Waals surface area contributed by atoms with Gasteiger partial charge in [0.15, 0.2) is 5.78 Å². The third kappa shape index (κ3) is 6.89. The van der Waals surface area contributed by atoms with E-state index in [-0.39, 0.29) is 36.0 Å². The van der Waals surface area contributed by atoms with Crippen LogP contribution < -0.4 is 4.74 Å². The van der Waals surface area contributed by atoms with Gasteiger partial charge in [0.2, 0.25) is 10.0 Å². The highest BCUT2D eigenvalue weighted by atomic mass is 32.3. The minimum absolute atomic E-state index is 0.00702. The normalized spacial score (nSPS) is 16.8. The molecule has 10 heteroatoms. The first-order chi connectivity index (χ1) is 17.1. The van der Waals surface area contributed by atoms with Crippen LogP contribution in [0.1, 0.15) is 78.4 Å².